The Balaban J connectivity index is 2.12. The first-order valence-corrected chi connectivity index (χ1v) is 7.01. The fourth-order valence-electron chi connectivity index (χ4n) is 2.04. The molecule has 0 radical (unpaired) electrons. The van der Waals surface area contributed by atoms with Crippen molar-refractivity contribution in [3.63, 3.8) is 0 Å². The van der Waals surface area contributed by atoms with E-state index in [0.29, 0.717) is 16.3 Å². The van der Waals surface area contributed by atoms with Gasteiger partial charge in [-0.1, -0.05) is 42.4 Å². The van der Waals surface area contributed by atoms with Gasteiger partial charge in [-0.3, -0.25) is 0 Å². The van der Waals surface area contributed by atoms with E-state index in [9.17, 15) is 4.79 Å². The Labute approximate surface area is 129 Å². The van der Waals surface area contributed by atoms with Crippen molar-refractivity contribution >= 4 is 28.3 Å². The smallest absolute Gasteiger partial charge is 0.333 e. The van der Waals surface area contributed by atoms with Crippen LogP contribution in [-0.2, 0) is 9.53 Å². The molecule has 0 bridgehead atoms. The van der Waals surface area contributed by atoms with E-state index in [4.69, 9.17) is 21.1 Å². The molecular weight excluding hydrogens is 288 g/mol. The summed E-state index contributed by atoms with van der Waals surface area (Å²) in [6.45, 7) is 7.53. The molecule has 0 aliphatic carbocycles. The average molecular weight is 305 g/mol. The van der Waals surface area contributed by atoms with Gasteiger partial charge in [0, 0.05) is 11.0 Å². The van der Waals surface area contributed by atoms with Crippen LogP contribution < -0.4 is 4.74 Å². The zero-order valence-corrected chi connectivity index (χ0v) is 12.9. The summed E-state index contributed by atoms with van der Waals surface area (Å²) in [7, 11) is 0. The highest BCUT2D eigenvalue weighted by Gasteiger charge is 2.10. The van der Waals surface area contributed by atoms with Crippen molar-refractivity contribution < 1.29 is 14.3 Å². The maximum absolute atomic E-state index is 11.3. The summed E-state index contributed by atoms with van der Waals surface area (Å²) in [6.07, 6.45) is 0. The number of hydrogen-bond acceptors (Lipinski definition) is 3. The second-order valence-corrected chi connectivity index (χ2v) is 5.22. The van der Waals surface area contributed by atoms with Crippen LogP contribution >= 0.6 is 11.6 Å². The molecule has 110 valence electrons. The normalized spacial score (nSPS) is 10.4. The summed E-state index contributed by atoms with van der Waals surface area (Å²) in [6, 6.07) is 9.77. The number of carbonyl (C=O) groups is 1. The molecule has 0 fully saturated rings. The molecule has 0 atom stereocenters. The van der Waals surface area contributed by atoms with Crippen LogP contribution in [0.3, 0.4) is 0 Å². The van der Waals surface area contributed by atoms with Gasteiger partial charge in [0.1, 0.15) is 19.0 Å². The number of fused-ring (bicyclic) bond motifs is 1. The molecule has 0 aromatic heterocycles. The SMILES string of the molecule is C=C(C)C(=O)OCCOc1c(Cl)cc(C)c2ccccc12. The number of carbonyl (C=O) groups excluding carboxylic acids is 1. The Morgan fingerprint density at radius 1 is 1.24 bits per heavy atom. The van der Waals surface area contributed by atoms with Gasteiger partial charge < -0.3 is 9.47 Å². The van der Waals surface area contributed by atoms with Crippen LogP contribution in [0.2, 0.25) is 5.02 Å². The Kier molecular flexibility index (Phi) is 4.86. The zero-order valence-electron chi connectivity index (χ0n) is 12.1. The van der Waals surface area contributed by atoms with Crippen LogP contribution in [0.1, 0.15) is 12.5 Å². The van der Waals surface area contributed by atoms with E-state index in [-0.39, 0.29) is 13.2 Å². The van der Waals surface area contributed by atoms with Crippen LogP contribution in [0.4, 0.5) is 0 Å². The van der Waals surface area contributed by atoms with Crippen molar-refractivity contribution in [3.8, 4) is 5.75 Å². The lowest BCUT2D eigenvalue weighted by Gasteiger charge is -2.13. The lowest BCUT2D eigenvalue weighted by atomic mass is 10.0. The largest absolute Gasteiger partial charge is 0.488 e. The number of rotatable bonds is 5. The van der Waals surface area contributed by atoms with Crippen molar-refractivity contribution in [2.75, 3.05) is 13.2 Å². The van der Waals surface area contributed by atoms with Crippen molar-refractivity contribution in [2.24, 2.45) is 0 Å². The first-order valence-electron chi connectivity index (χ1n) is 6.64. The molecule has 0 N–H and O–H groups in total. The minimum Gasteiger partial charge on any atom is -0.488 e. The number of ether oxygens (including phenoxy) is 2. The molecule has 0 spiro atoms. The molecule has 21 heavy (non-hydrogen) atoms. The topological polar surface area (TPSA) is 35.5 Å². The van der Waals surface area contributed by atoms with Crippen molar-refractivity contribution in [1.82, 2.24) is 0 Å². The predicted molar refractivity (Wildman–Crippen MR) is 85.0 cm³/mol. The van der Waals surface area contributed by atoms with E-state index >= 15 is 0 Å². The number of benzene rings is 2. The Morgan fingerprint density at radius 2 is 1.90 bits per heavy atom. The van der Waals surface area contributed by atoms with Crippen LogP contribution in [0.25, 0.3) is 10.8 Å². The second kappa shape index (κ2) is 6.64. The van der Waals surface area contributed by atoms with Gasteiger partial charge in [-0.15, -0.1) is 0 Å². The first kappa shape index (κ1) is 15.4. The molecule has 2 aromatic rings. The van der Waals surface area contributed by atoms with E-state index < -0.39 is 5.97 Å². The molecule has 0 saturated carbocycles. The number of aryl methyl sites for hydroxylation is 1. The van der Waals surface area contributed by atoms with Gasteiger partial charge in [0.2, 0.25) is 0 Å². The predicted octanol–water partition coefficient (Wildman–Crippen LogP) is 4.30. The van der Waals surface area contributed by atoms with Gasteiger partial charge in [0.05, 0.1) is 5.02 Å². The molecular formula is C17H17ClO3. The van der Waals surface area contributed by atoms with E-state index in [1.54, 1.807) is 6.92 Å². The van der Waals surface area contributed by atoms with Gasteiger partial charge in [-0.05, 0) is 30.9 Å². The fourth-order valence-corrected chi connectivity index (χ4v) is 2.36. The van der Waals surface area contributed by atoms with Crippen molar-refractivity contribution in [1.29, 1.82) is 0 Å². The molecule has 0 aliphatic rings. The summed E-state index contributed by atoms with van der Waals surface area (Å²) < 4.78 is 10.7. The van der Waals surface area contributed by atoms with Gasteiger partial charge >= 0.3 is 5.97 Å². The molecule has 0 heterocycles. The van der Waals surface area contributed by atoms with E-state index in [1.165, 1.54) is 0 Å². The van der Waals surface area contributed by atoms with Gasteiger partial charge in [0.15, 0.2) is 0 Å². The van der Waals surface area contributed by atoms with E-state index in [1.807, 2.05) is 37.3 Å². The molecule has 2 rings (SSSR count). The van der Waals surface area contributed by atoms with Crippen LogP contribution in [0.15, 0.2) is 42.5 Å². The van der Waals surface area contributed by atoms with Crippen LogP contribution in [-0.4, -0.2) is 19.2 Å². The number of esters is 1. The fraction of sp³-hybridized carbons (Fsp3) is 0.235. The maximum Gasteiger partial charge on any atom is 0.333 e. The van der Waals surface area contributed by atoms with Crippen molar-refractivity contribution in [2.45, 2.75) is 13.8 Å². The Hall–Kier alpha value is -2.00. The van der Waals surface area contributed by atoms with E-state index in [0.717, 1.165) is 16.3 Å². The first-order chi connectivity index (χ1) is 10.0. The average Bonchev–Trinajstić information content (AvgIpc) is 2.46. The monoisotopic (exact) mass is 304 g/mol. The number of halogens is 1. The minimum absolute atomic E-state index is 0.157. The lowest BCUT2D eigenvalue weighted by Crippen LogP contribution is -2.12. The van der Waals surface area contributed by atoms with Gasteiger partial charge in [-0.2, -0.15) is 0 Å². The third-order valence-electron chi connectivity index (χ3n) is 3.07. The van der Waals surface area contributed by atoms with E-state index in [2.05, 4.69) is 6.58 Å². The number of hydrogen-bond donors (Lipinski definition) is 0. The second-order valence-electron chi connectivity index (χ2n) is 4.81. The highest BCUT2D eigenvalue weighted by molar-refractivity contribution is 6.33. The third kappa shape index (κ3) is 3.56. The summed E-state index contributed by atoms with van der Waals surface area (Å²) in [5.41, 5.74) is 1.46. The maximum atomic E-state index is 11.3. The Morgan fingerprint density at radius 3 is 2.57 bits per heavy atom. The molecule has 0 unspecified atom stereocenters. The third-order valence-corrected chi connectivity index (χ3v) is 3.35. The molecule has 2 aromatic carbocycles. The van der Waals surface area contributed by atoms with Crippen LogP contribution in [0, 0.1) is 6.92 Å². The standard InChI is InChI=1S/C17H17ClO3/c1-11(2)17(19)21-9-8-20-16-14-7-5-4-6-13(14)12(3)10-15(16)18/h4-7,10H,1,8-9H2,2-3H3. The van der Waals surface area contributed by atoms with Crippen LogP contribution in [0.5, 0.6) is 5.75 Å². The van der Waals surface area contributed by atoms with Gasteiger partial charge in [-0.25, -0.2) is 4.79 Å². The highest BCUT2D eigenvalue weighted by Crippen LogP contribution is 2.35. The Bertz CT molecular complexity index is 692. The lowest BCUT2D eigenvalue weighted by molar-refractivity contribution is -0.139. The molecule has 0 amide bonds. The molecule has 0 saturated heterocycles. The molecule has 0 aliphatic heterocycles. The molecule has 4 heteroatoms. The molecule has 3 nitrogen and oxygen atoms in total. The summed E-state index contributed by atoms with van der Waals surface area (Å²) in [5.74, 6) is 0.197. The zero-order chi connectivity index (χ0) is 15.4. The highest BCUT2D eigenvalue weighted by atomic mass is 35.5. The summed E-state index contributed by atoms with van der Waals surface area (Å²) in [5, 5.41) is 2.60. The summed E-state index contributed by atoms with van der Waals surface area (Å²) in [4.78, 5) is 11.3. The summed E-state index contributed by atoms with van der Waals surface area (Å²) >= 11 is 6.25. The quantitative estimate of drug-likeness (QED) is 0.469. The van der Waals surface area contributed by atoms with Crippen molar-refractivity contribution in [3.05, 3.63) is 53.1 Å². The van der Waals surface area contributed by atoms with Gasteiger partial charge in [0.25, 0.3) is 0 Å². The minimum atomic E-state index is -0.418.